The van der Waals surface area contributed by atoms with Crippen LogP contribution >= 0.6 is 11.6 Å². The number of benzene rings is 2. The third kappa shape index (κ3) is 3.63. The summed E-state index contributed by atoms with van der Waals surface area (Å²) in [6.07, 6.45) is 2.61. The number of halogens is 1. The number of nitrogens with zero attached hydrogens (tertiary/aromatic N) is 2. The van der Waals surface area contributed by atoms with E-state index in [1.807, 2.05) is 30.3 Å². The first kappa shape index (κ1) is 20.3. The Bertz CT molecular complexity index is 1430. The van der Waals surface area contributed by atoms with Gasteiger partial charge in [-0.15, -0.1) is 0 Å². The minimum Gasteiger partial charge on any atom is -0.462 e. The molecule has 0 atom stereocenters. The summed E-state index contributed by atoms with van der Waals surface area (Å²) in [5.74, 6) is 1.64. The van der Waals surface area contributed by atoms with E-state index in [1.165, 1.54) is 0 Å². The van der Waals surface area contributed by atoms with Crippen LogP contribution in [-0.4, -0.2) is 22.1 Å². The Balaban J connectivity index is 1.45. The monoisotopic (exact) mass is 446 g/mol. The molecule has 0 spiro atoms. The van der Waals surface area contributed by atoms with Gasteiger partial charge in [-0.25, -0.2) is 9.78 Å². The quantitative estimate of drug-likeness (QED) is 0.391. The highest BCUT2D eigenvalue weighted by molar-refractivity contribution is 6.31. The van der Waals surface area contributed by atoms with Gasteiger partial charge in [0.2, 0.25) is 0 Å². The fraction of sp³-hybridized carbons (Fsp3) is 0.160. The summed E-state index contributed by atoms with van der Waals surface area (Å²) < 4.78 is 12.7. The number of ether oxygens (including phenoxy) is 1. The van der Waals surface area contributed by atoms with Crippen molar-refractivity contribution in [2.24, 2.45) is 0 Å². The molecule has 160 valence electrons. The number of rotatable bonds is 4. The number of carbonyl (C=O) groups excluding carboxylic acids is 1. The van der Waals surface area contributed by atoms with Crippen LogP contribution in [0.2, 0.25) is 5.02 Å². The lowest BCUT2D eigenvalue weighted by Crippen LogP contribution is -2.20. The molecule has 7 heteroatoms. The number of carbonyl (C=O) groups is 1. The Labute approximate surface area is 188 Å². The average Bonchev–Trinajstić information content (AvgIpc) is 3.42. The van der Waals surface area contributed by atoms with E-state index in [2.05, 4.69) is 4.98 Å². The number of hydrogen-bond acceptors (Lipinski definition) is 5. The van der Waals surface area contributed by atoms with E-state index in [9.17, 15) is 9.59 Å². The molecule has 0 fully saturated rings. The molecule has 6 nitrogen and oxygen atoms in total. The summed E-state index contributed by atoms with van der Waals surface area (Å²) in [4.78, 5) is 29.3. The zero-order chi connectivity index (χ0) is 22.2. The molecule has 0 amide bonds. The highest BCUT2D eigenvalue weighted by atomic mass is 35.5. The molecule has 4 aromatic rings. The van der Waals surface area contributed by atoms with Gasteiger partial charge in [-0.1, -0.05) is 23.7 Å². The standard InChI is InChI=1S/C25H19ClN2O4/c1-2-31-25(30)16-5-3-15(4-6-16)22-10-8-19(32-22)13-17-11-12-28-23(17)27-21-14-18(26)7-9-20(21)24(28)29/h3-10,13-14H,2,11-12H2,1H3/b17-13+. The fourth-order valence-corrected chi connectivity index (χ4v) is 4.04. The van der Waals surface area contributed by atoms with Crippen LogP contribution in [0.5, 0.6) is 0 Å². The summed E-state index contributed by atoms with van der Waals surface area (Å²) >= 11 is 6.09. The number of hydrogen-bond donors (Lipinski definition) is 0. The van der Waals surface area contributed by atoms with Crippen LogP contribution in [-0.2, 0) is 11.3 Å². The molecule has 1 aliphatic heterocycles. The van der Waals surface area contributed by atoms with Gasteiger partial charge in [0.1, 0.15) is 17.3 Å². The predicted molar refractivity (Wildman–Crippen MR) is 124 cm³/mol. The van der Waals surface area contributed by atoms with Gasteiger partial charge in [0.25, 0.3) is 5.56 Å². The van der Waals surface area contributed by atoms with Gasteiger partial charge in [-0.3, -0.25) is 9.36 Å². The molecular weight excluding hydrogens is 428 g/mol. The molecule has 2 aromatic heterocycles. The number of allylic oxidation sites excluding steroid dienone is 1. The first-order chi connectivity index (χ1) is 15.5. The van der Waals surface area contributed by atoms with Crippen molar-refractivity contribution in [3.8, 4) is 11.3 Å². The summed E-state index contributed by atoms with van der Waals surface area (Å²) in [5.41, 5.74) is 2.80. The second-order valence-corrected chi connectivity index (χ2v) is 7.91. The summed E-state index contributed by atoms with van der Waals surface area (Å²) in [6.45, 7) is 2.69. The zero-order valence-corrected chi connectivity index (χ0v) is 18.1. The SMILES string of the molecule is CCOC(=O)c1ccc(-c2ccc(/C=C3\CCn4c3nc3cc(Cl)ccc3c4=O)o2)cc1. The largest absolute Gasteiger partial charge is 0.462 e. The van der Waals surface area contributed by atoms with Gasteiger partial charge < -0.3 is 9.15 Å². The molecular formula is C25H19ClN2O4. The normalized spacial score (nSPS) is 14.1. The minimum absolute atomic E-state index is 0.0631. The van der Waals surface area contributed by atoms with Crippen LogP contribution in [0, 0.1) is 0 Å². The molecule has 0 N–H and O–H groups in total. The van der Waals surface area contributed by atoms with Crippen molar-refractivity contribution in [2.75, 3.05) is 6.61 Å². The molecule has 0 bridgehead atoms. The first-order valence-corrected chi connectivity index (χ1v) is 10.7. The summed E-state index contributed by atoms with van der Waals surface area (Å²) in [6, 6.07) is 16.0. The van der Waals surface area contributed by atoms with E-state index in [0.29, 0.717) is 58.4 Å². The van der Waals surface area contributed by atoms with Crippen molar-refractivity contribution in [2.45, 2.75) is 19.9 Å². The maximum atomic E-state index is 12.8. The molecule has 0 radical (unpaired) electrons. The Kier molecular flexibility index (Phi) is 5.15. The van der Waals surface area contributed by atoms with E-state index >= 15 is 0 Å². The zero-order valence-electron chi connectivity index (χ0n) is 17.3. The van der Waals surface area contributed by atoms with Crippen LogP contribution in [0.3, 0.4) is 0 Å². The highest BCUT2D eigenvalue weighted by Crippen LogP contribution is 2.30. The van der Waals surface area contributed by atoms with E-state index in [4.69, 9.17) is 20.8 Å². The maximum Gasteiger partial charge on any atom is 0.338 e. The predicted octanol–water partition coefficient (Wildman–Crippen LogP) is 5.43. The second kappa shape index (κ2) is 8.13. The minimum atomic E-state index is -0.347. The van der Waals surface area contributed by atoms with Gasteiger partial charge in [0.05, 0.1) is 23.1 Å². The molecule has 2 aromatic carbocycles. The molecule has 0 unspecified atom stereocenters. The Morgan fingerprint density at radius 1 is 1.19 bits per heavy atom. The van der Waals surface area contributed by atoms with Gasteiger partial charge in [-0.2, -0.15) is 0 Å². The van der Waals surface area contributed by atoms with E-state index in [0.717, 1.165) is 11.1 Å². The number of furan rings is 1. The van der Waals surface area contributed by atoms with Crippen LogP contribution in [0.15, 0.2) is 63.8 Å². The van der Waals surface area contributed by atoms with E-state index < -0.39 is 0 Å². The van der Waals surface area contributed by atoms with Crippen molar-refractivity contribution < 1.29 is 13.9 Å². The van der Waals surface area contributed by atoms with Crippen molar-refractivity contribution in [3.05, 3.63) is 87.1 Å². The maximum absolute atomic E-state index is 12.8. The molecule has 0 aliphatic carbocycles. The molecule has 0 saturated carbocycles. The number of esters is 1. The Morgan fingerprint density at radius 3 is 2.78 bits per heavy atom. The van der Waals surface area contributed by atoms with Crippen molar-refractivity contribution >= 4 is 40.1 Å². The Morgan fingerprint density at radius 2 is 2.00 bits per heavy atom. The van der Waals surface area contributed by atoms with Gasteiger partial charge >= 0.3 is 5.97 Å². The highest BCUT2D eigenvalue weighted by Gasteiger charge is 2.21. The first-order valence-electron chi connectivity index (χ1n) is 10.3. The van der Waals surface area contributed by atoms with E-state index in [1.54, 1.807) is 41.8 Å². The lowest BCUT2D eigenvalue weighted by atomic mass is 10.1. The topological polar surface area (TPSA) is 74.3 Å². The number of fused-ring (bicyclic) bond motifs is 2. The van der Waals surface area contributed by atoms with Crippen molar-refractivity contribution in [1.29, 1.82) is 0 Å². The van der Waals surface area contributed by atoms with Crippen LogP contribution < -0.4 is 5.56 Å². The second-order valence-electron chi connectivity index (χ2n) is 7.47. The average molecular weight is 447 g/mol. The van der Waals surface area contributed by atoms with Gasteiger partial charge in [0.15, 0.2) is 0 Å². The third-order valence-electron chi connectivity index (χ3n) is 5.43. The van der Waals surface area contributed by atoms with Crippen LogP contribution in [0.4, 0.5) is 0 Å². The Hall–Kier alpha value is -3.64. The van der Waals surface area contributed by atoms with Gasteiger partial charge in [0, 0.05) is 22.7 Å². The van der Waals surface area contributed by atoms with E-state index in [-0.39, 0.29) is 11.5 Å². The molecule has 32 heavy (non-hydrogen) atoms. The molecule has 0 saturated heterocycles. The fourth-order valence-electron chi connectivity index (χ4n) is 3.87. The van der Waals surface area contributed by atoms with Crippen molar-refractivity contribution in [1.82, 2.24) is 9.55 Å². The molecule has 5 rings (SSSR count). The van der Waals surface area contributed by atoms with Crippen LogP contribution in [0.1, 0.15) is 35.3 Å². The third-order valence-corrected chi connectivity index (χ3v) is 5.67. The van der Waals surface area contributed by atoms with Crippen LogP contribution in [0.25, 0.3) is 33.9 Å². The summed E-state index contributed by atoms with van der Waals surface area (Å²) in [5, 5.41) is 1.11. The smallest absolute Gasteiger partial charge is 0.338 e. The van der Waals surface area contributed by atoms with Crippen molar-refractivity contribution in [3.63, 3.8) is 0 Å². The molecule has 3 heterocycles. The van der Waals surface area contributed by atoms with Gasteiger partial charge in [-0.05, 0) is 61.9 Å². The lowest BCUT2D eigenvalue weighted by molar-refractivity contribution is 0.0526. The molecule has 1 aliphatic rings. The number of aromatic nitrogens is 2. The summed E-state index contributed by atoms with van der Waals surface area (Å²) in [7, 11) is 0. The lowest BCUT2D eigenvalue weighted by Gasteiger charge is -2.05.